The molecule has 15 heavy (non-hydrogen) atoms. The third kappa shape index (κ3) is 4.92. The summed E-state index contributed by atoms with van der Waals surface area (Å²) in [7, 11) is -3.24. The first kappa shape index (κ1) is 12.9. The zero-order valence-electron chi connectivity index (χ0n) is 8.31. The lowest BCUT2D eigenvalue weighted by Gasteiger charge is -2.08. The van der Waals surface area contributed by atoms with Crippen LogP contribution in [0, 0.1) is 5.92 Å². The highest BCUT2D eigenvalue weighted by atomic mass is 35.5. The average molecular weight is 269 g/mol. The van der Waals surface area contributed by atoms with E-state index in [2.05, 4.69) is 9.71 Å². The summed E-state index contributed by atoms with van der Waals surface area (Å²) < 4.78 is 25.5. The number of hydrogen-bond donors (Lipinski definition) is 1. The molecule has 7 heteroatoms. The molecule has 0 fully saturated rings. The monoisotopic (exact) mass is 268 g/mol. The number of aromatic nitrogens is 1. The zero-order chi connectivity index (χ0) is 11.3. The molecule has 0 saturated heterocycles. The molecular weight excluding hydrogens is 256 g/mol. The van der Waals surface area contributed by atoms with Crippen molar-refractivity contribution in [3.63, 3.8) is 0 Å². The van der Waals surface area contributed by atoms with E-state index in [-0.39, 0.29) is 18.2 Å². The highest BCUT2D eigenvalue weighted by Gasteiger charge is 2.14. The van der Waals surface area contributed by atoms with Crippen molar-refractivity contribution in [3.8, 4) is 0 Å². The minimum absolute atomic E-state index is 0.0412. The normalized spacial score (nSPS) is 14.0. The van der Waals surface area contributed by atoms with Crippen molar-refractivity contribution in [1.29, 1.82) is 0 Å². The Morgan fingerprint density at radius 2 is 2.40 bits per heavy atom. The number of rotatable bonds is 6. The van der Waals surface area contributed by atoms with Crippen molar-refractivity contribution in [2.75, 3.05) is 11.6 Å². The minimum Gasteiger partial charge on any atom is -0.248 e. The van der Waals surface area contributed by atoms with Crippen LogP contribution in [0.15, 0.2) is 11.6 Å². The van der Waals surface area contributed by atoms with Crippen LogP contribution in [-0.4, -0.2) is 25.0 Å². The van der Waals surface area contributed by atoms with Gasteiger partial charge in [-0.3, -0.25) is 0 Å². The van der Waals surface area contributed by atoms with Gasteiger partial charge in [0.15, 0.2) is 0 Å². The average Bonchev–Trinajstić information content (AvgIpc) is 2.66. The first-order valence-electron chi connectivity index (χ1n) is 4.45. The van der Waals surface area contributed by atoms with E-state index in [0.29, 0.717) is 5.88 Å². The van der Waals surface area contributed by atoms with E-state index in [0.717, 1.165) is 5.01 Å². The molecule has 0 saturated carbocycles. The Labute approximate surface area is 98.7 Å². The standard InChI is InChI=1S/C8H13ClN2O2S2/c1-7(4-9)6-15(12,13)11-5-8-10-2-3-14-8/h2-3,7,11H,4-6H2,1H3. The fraction of sp³-hybridized carbons (Fsp3) is 0.625. The molecule has 0 radical (unpaired) electrons. The Kier molecular flexibility index (Phi) is 4.98. The highest BCUT2D eigenvalue weighted by molar-refractivity contribution is 7.89. The van der Waals surface area contributed by atoms with Crippen LogP contribution in [0.25, 0.3) is 0 Å². The van der Waals surface area contributed by atoms with Crippen LogP contribution in [0.2, 0.25) is 0 Å². The van der Waals surface area contributed by atoms with Gasteiger partial charge in [0.25, 0.3) is 0 Å². The second-order valence-corrected chi connectivity index (χ2v) is 6.43. The van der Waals surface area contributed by atoms with E-state index < -0.39 is 10.0 Å². The number of sulfonamides is 1. The number of alkyl halides is 1. The van der Waals surface area contributed by atoms with Crippen LogP contribution in [0.5, 0.6) is 0 Å². The fourth-order valence-corrected chi connectivity index (χ4v) is 3.22. The summed E-state index contributed by atoms with van der Waals surface area (Å²) in [4.78, 5) is 3.98. The summed E-state index contributed by atoms with van der Waals surface area (Å²) in [5.41, 5.74) is 0. The van der Waals surface area contributed by atoms with Crippen molar-refractivity contribution < 1.29 is 8.42 Å². The lowest BCUT2D eigenvalue weighted by atomic mass is 10.3. The Bertz CT molecular complexity index is 377. The second-order valence-electron chi connectivity index (χ2n) is 3.29. The molecule has 0 aliphatic rings. The number of nitrogens with one attached hydrogen (secondary N) is 1. The zero-order valence-corrected chi connectivity index (χ0v) is 10.7. The van der Waals surface area contributed by atoms with Gasteiger partial charge in [-0.1, -0.05) is 6.92 Å². The predicted molar refractivity (Wildman–Crippen MR) is 62.6 cm³/mol. The summed E-state index contributed by atoms with van der Waals surface area (Å²) in [5.74, 6) is 0.362. The molecule has 1 atom stereocenters. The van der Waals surface area contributed by atoms with E-state index in [1.165, 1.54) is 11.3 Å². The van der Waals surface area contributed by atoms with Crippen molar-refractivity contribution in [2.45, 2.75) is 13.5 Å². The molecule has 0 aliphatic carbocycles. The summed E-state index contributed by atoms with van der Waals surface area (Å²) in [5, 5.41) is 2.57. The van der Waals surface area contributed by atoms with Crippen LogP contribution in [-0.2, 0) is 16.6 Å². The largest absolute Gasteiger partial charge is 0.248 e. The van der Waals surface area contributed by atoms with Crippen LogP contribution < -0.4 is 4.72 Å². The number of halogens is 1. The van der Waals surface area contributed by atoms with E-state index in [9.17, 15) is 8.42 Å². The molecule has 1 unspecified atom stereocenters. The van der Waals surface area contributed by atoms with Gasteiger partial charge in [-0.15, -0.1) is 22.9 Å². The lowest BCUT2D eigenvalue weighted by Crippen LogP contribution is -2.29. The fourth-order valence-electron chi connectivity index (χ4n) is 0.990. The van der Waals surface area contributed by atoms with Crippen molar-refractivity contribution in [2.24, 2.45) is 5.92 Å². The maximum atomic E-state index is 11.5. The first-order chi connectivity index (χ1) is 7.03. The molecule has 0 amide bonds. The first-order valence-corrected chi connectivity index (χ1v) is 7.52. The second kappa shape index (κ2) is 5.79. The Hall–Kier alpha value is -0.170. The van der Waals surface area contributed by atoms with Gasteiger partial charge < -0.3 is 0 Å². The summed E-state index contributed by atoms with van der Waals surface area (Å²) in [6, 6.07) is 0. The maximum Gasteiger partial charge on any atom is 0.212 e. The number of thiazole rings is 1. The molecule has 0 aliphatic heterocycles. The molecule has 1 aromatic heterocycles. The number of nitrogens with zero attached hydrogens (tertiary/aromatic N) is 1. The SMILES string of the molecule is CC(CCl)CS(=O)(=O)NCc1nccs1. The van der Waals surface area contributed by atoms with Gasteiger partial charge in [0, 0.05) is 17.5 Å². The summed E-state index contributed by atoms with van der Waals surface area (Å²) in [6.07, 6.45) is 1.65. The predicted octanol–water partition coefficient (Wildman–Crippen LogP) is 1.44. The molecule has 1 heterocycles. The third-order valence-electron chi connectivity index (χ3n) is 1.69. The lowest BCUT2D eigenvalue weighted by molar-refractivity contribution is 0.568. The topological polar surface area (TPSA) is 59.1 Å². The van der Waals surface area contributed by atoms with E-state index in [1.807, 2.05) is 5.38 Å². The van der Waals surface area contributed by atoms with Crippen LogP contribution >= 0.6 is 22.9 Å². The number of hydrogen-bond acceptors (Lipinski definition) is 4. The third-order valence-corrected chi connectivity index (χ3v) is 4.59. The molecule has 86 valence electrons. The quantitative estimate of drug-likeness (QED) is 0.795. The van der Waals surface area contributed by atoms with Crippen molar-refractivity contribution in [1.82, 2.24) is 9.71 Å². The minimum atomic E-state index is -3.24. The van der Waals surface area contributed by atoms with Crippen molar-refractivity contribution >= 4 is 33.0 Å². The van der Waals surface area contributed by atoms with E-state index in [4.69, 9.17) is 11.6 Å². The van der Waals surface area contributed by atoms with Gasteiger partial charge in [-0.2, -0.15) is 0 Å². The smallest absolute Gasteiger partial charge is 0.212 e. The van der Waals surface area contributed by atoms with E-state index in [1.54, 1.807) is 13.1 Å². The molecule has 0 aromatic carbocycles. The Morgan fingerprint density at radius 3 is 2.93 bits per heavy atom. The molecule has 1 N–H and O–H groups in total. The van der Waals surface area contributed by atoms with E-state index >= 15 is 0 Å². The molecular formula is C8H13ClN2O2S2. The molecule has 0 spiro atoms. The van der Waals surface area contributed by atoms with Gasteiger partial charge in [-0.05, 0) is 5.92 Å². The van der Waals surface area contributed by atoms with Crippen LogP contribution in [0.3, 0.4) is 0 Å². The van der Waals surface area contributed by atoms with Gasteiger partial charge in [0.1, 0.15) is 5.01 Å². The Balaban J connectivity index is 2.43. The van der Waals surface area contributed by atoms with Crippen LogP contribution in [0.4, 0.5) is 0 Å². The molecule has 1 rings (SSSR count). The van der Waals surface area contributed by atoms with Crippen molar-refractivity contribution in [3.05, 3.63) is 16.6 Å². The molecule has 1 aromatic rings. The van der Waals surface area contributed by atoms with Gasteiger partial charge in [0.2, 0.25) is 10.0 Å². The van der Waals surface area contributed by atoms with Gasteiger partial charge >= 0.3 is 0 Å². The van der Waals surface area contributed by atoms with Crippen LogP contribution in [0.1, 0.15) is 11.9 Å². The molecule has 4 nitrogen and oxygen atoms in total. The molecule has 0 bridgehead atoms. The highest BCUT2D eigenvalue weighted by Crippen LogP contribution is 2.06. The Morgan fingerprint density at radius 1 is 1.67 bits per heavy atom. The summed E-state index contributed by atoms with van der Waals surface area (Å²) >= 11 is 6.98. The van der Waals surface area contributed by atoms with Gasteiger partial charge in [-0.25, -0.2) is 18.1 Å². The summed E-state index contributed by atoms with van der Waals surface area (Å²) in [6.45, 7) is 2.06. The maximum absolute atomic E-state index is 11.5. The van der Waals surface area contributed by atoms with Gasteiger partial charge in [0.05, 0.1) is 12.3 Å².